The van der Waals surface area contributed by atoms with E-state index in [1.54, 1.807) is 12.1 Å². The molecule has 3 atom stereocenters. The summed E-state index contributed by atoms with van der Waals surface area (Å²) in [6.45, 7) is 2.51. The average molecular weight is 292 g/mol. The summed E-state index contributed by atoms with van der Waals surface area (Å²) in [6, 6.07) is 5.06. The Hall–Kier alpha value is -1.70. The highest BCUT2D eigenvalue weighted by atomic mass is 16.6. The number of aliphatic hydroxyl groups excluding tert-OH is 1. The smallest absolute Gasteiger partial charge is 0.293 e. The van der Waals surface area contributed by atoms with E-state index in [1.165, 1.54) is 0 Å². The fraction of sp³-hybridized carbons (Fsp3) is 0.571. The quantitative estimate of drug-likeness (QED) is 0.436. The van der Waals surface area contributed by atoms with Crippen LogP contribution in [0.4, 0.5) is 11.4 Å². The van der Waals surface area contributed by atoms with Crippen LogP contribution in [0.2, 0.25) is 0 Å². The van der Waals surface area contributed by atoms with Gasteiger partial charge in [0, 0.05) is 31.6 Å². The number of hydrogen-bond acceptors (Lipinski definition) is 6. The van der Waals surface area contributed by atoms with Crippen LogP contribution in [-0.2, 0) is 6.54 Å². The lowest BCUT2D eigenvalue weighted by Crippen LogP contribution is -2.24. The lowest BCUT2D eigenvalue weighted by molar-refractivity contribution is -0.384. The van der Waals surface area contributed by atoms with E-state index in [9.17, 15) is 15.2 Å². The first kappa shape index (κ1) is 14.2. The zero-order chi connectivity index (χ0) is 15.0. The van der Waals surface area contributed by atoms with Gasteiger partial charge in [-0.05, 0) is 30.4 Å². The van der Waals surface area contributed by atoms with E-state index in [0.717, 1.165) is 31.5 Å². The predicted octanol–water partition coefficient (Wildman–Crippen LogP) is 1.08. The predicted molar refractivity (Wildman–Crippen MR) is 78.4 cm³/mol. The van der Waals surface area contributed by atoms with E-state index in [1.807, 2.05) is 6.07 Å². The topological polar surface area (TPSA) is 105 Å². The van der Waals surface area contributed by atoms with Crippen molar-refractivity contribution in [2.45, 2.75) is 25.5 Å². The SMILES string of the molecule is NNc1ccc(CN2CC3CCC(O)C3C2)cc1[N+](=O)[O-]. The second-order valence-electron chi connectivity index (χ2n) is 6.02. The van der Waals surface area contributed by atoms with Crippen molar-refractivity contribution in [3.05, 3.63) is 33.9 Å². The molecule has 1 aliphatic carbocycles. The molecule has 3 unspecified atom stereocenters. The molecule has 7 heteroatoms. The fourth-order valence-electron chi connectivity index (χ4n) is 3.66. The first-order valence-electron chi connectivity index (χ1n) is 7.23. The van der Waals surface area contributed by atoms with Crippen LogP contribution in [-0.4, -0.2) is 34.1 Å². The number of nitro benzene ring substituents is 1. The Kier molecular flexibility index (Phi) is 3.79. The van der Waals surface area contributed by atoms with Crippen LogP contribution in [0.25, 0.3) is 0 Å². The number of anilines is 1. The standard InChI is InChI=1S/C14H20N4O3/c15-16-12-3-1-9(5-13(12)18(20)21)6-17-7-10-2-4-14(19)11(10)8-17/h1,3,5,10-11,14,16,19H,2,4,6-8,15H2. The van der Waals surface area contributed by atoms with E-state index >= 15 is 0 Å². The second kappa shape index (κ2) is 5.59. The minimum absolute atomic E-state index is 0.00516. The average Bonchev–Trinajstić information content (AvgIpc) is 3.01. The molecule has 7 nitrogen and oxygen atoms in total. The van der Waals surface area contributed by atoms with Gasteiger partial charge in [-0.25, -0.2) is 0 Å². The normalized spacial score (nSPS) is 28.6. The number of fused-ring (bicyclic) bond motifs is 1. The Bertz CT molecular complexity index is 551. The van der Waals surface area contributed by atoms with Crippen molar-refractivity contribution >= 4 is 11.4 Å². The molecule has 0 aromatic heterocycles. The monoisotopic (exact) mass is 292 g/mol. The minimum atomic E-state index is -0.429. The number of hydrazine groups is 1. The van der Waals surface area contributed by atoms with E-state index in [0.29, 0.717) is 24.1 Å². The number of nitrogen functional groups attached to an aromatic ring is 1. The Labute approximate surface area is 122 Å². The molecule has 2 aliphatic rings. The number of nitrogens with zero attached hydrogens (tertiary/aromatic N) is 2. The van der Waals surface area contributed by atoms with Crippen LogP contribution in [0.3, 0.4) is 0 Å². The Morgan fingerprint density at radius 3 is 2.90 bits per heavy atom. The van der Waals surface area contributed by atoms with E-state index in [-0.39, 0.29) is 11.8 Å². The number of nitrogens with one attached hydrogen (secondary N) is 1. The molecule has 1 saturated heterocycles. The van der Waals surface area contributed by atoms with E-state index in [2.05, 4.69) is 10.3 Å². The molecule has 0 amide bonds. The first-order chi connectivity index (χ1) is 10.1. The zero-order valence-corrected chi connectivity index (χ0v) is 11.7. The molecule has 0 bridgehead atoms. The number of rotatable bonds is 4. The van der Waals surface area contributed by atoms with Crippen LogP contribution in [0.5, 0.6) is 0 Å². The third-order valence-corrected chi connectivity index (χ3v) is 4.72. The van der Waals surface area contributed by atoms with Crippen LogP contribution in [0.1, 0.15) is 18.4 Å². The van der Waals surface area contributed by atoms with Crippen LogP contribution < -0.4 is 11.3 Å². The molecular weight excluding hydrogens is 272 g/mol. The van der Waals surface area contributed by atoms with Gasteiger partial charge in [-0.1, -0.05) is 6.07 Å². The lowest BCUT2D eigenvalue weighted by atomic mass is 10.00. The summed E-state index contributed by atoms with van der Waals surface area (Å²) in [5.41, 5.74) is 3.56. The summed E-state index contributed by atoms with van der Waals surface area (Å²) < 4.78 is 0. The van der Waals surface area contributed by atoms with Crippen molar-refractivity contribution in [3.63, 3.8) is 0 Å². The highest BCUT2D eigenvalue weighted by molar-refractivity contribution is 5.61. The minimum Gasteiger partial charge on any atom is -0.393 e. The van der Waals surface area contributed by atoms with Gasteiger partial charge >= 0.3 is 0 Å². The van der Waals surface area contributed by atoms with Crippen molar-refractivity contribution in [1.82, 2.24) is 4.90 Å². The maximum Gasteiger partial charge on any atom is 0.293 e. The molecule has 1 aromatic rings. The summed E-state index contributed by atoms with van der Waals surface area (Å²) in [6.07, 6.45) is 1.81. The molecular formula is C14H20N4O3. The molecule has 1 saturated carbocycles. The van der Waals surface area contributed by atoms with Crippen molar-refractivity contribution in [2.24, 2.45) is 17.7 Å². The molecule has 1 aliphatic heterocycles. The van der Waals surface area contributed by atoms with Gasteiger partial charge in [0.15, 0.2) is 0 Å². The van der Waals surface area contributed by atoms with Gasteiger partial charge in [0.05, 0.1) is 11.0 Å². The Morgan fingerprint density at radius 1 is 1.43 bits per heavy atom. The van der Waals surface area contributed by atoms with Crippen molar-refractivity contribution in [3.8, 4) is 0 Å². The maximum absolute atomic E-state index is 11.0. The van der Waals surface area contributed by atoms with Crippen molar-refractivity contribution < 1.29 is 10.0 Å². The largest absolute Gasteiger partial charge is 0.393 e. The van der Waals surface area contributed by atoms with Crippen LogP contribution in [0, 0.1) is 22.0 Å². The summed E-state index contributed by atoms with van der Waals surface area (Å²) in [5, 5.41) is 21.0. The molecule has 0 radical (unpaired) electrons. The summed E-state index contributed by atoms with van der Waals surface area (Å²) in [7, 11) is 0. The zero-order valence-electron chi connectivity index (χ0n) is 11.7. The van der Waals surface area contributed by atoms with Gasteiger partial charge in [-0.2, -0.15) is 0 Å². The lowest BCUT2D eigenvalue weighted by Gasteiger charge is -2.18. The summed E-state index contributed by atoms with van der Waals surface area (Å²) >= 11 is 0. The second-order valence-corrected chi connectivity index (χ2v) is 6.02. The van der Waals surface area contributed by atoms with Gasteiger partial charge < -0.3 is 10.5 Å². The number of benzene rings is 1. The highest BCUT2D eigenvalue weighted by Crippen LogP contribution is 2.38. The van der Waals surface area contributed by atoms with E-state index in [4.69, 9.17) is 5.84 Å². The molecule has 3 rings (SSSR count). The molecule has 114 valence electrons. The Balaban J connectivity index is 1.71. The van der Waals surface area contributed by atoms with Crippen molar-refractivity contribution in [2.75, 3.05) is 18.5 Å². The number of aliphatic hydroxyl groups is 1. The number of hydrogen-bond donors (Lipinski definition) is 3. The van der Waals surface area contributed by atoms with Gasteiger partial charge in [0.2, 0.25) is 0 Å². The molecule has 4 N–H and O–H groups in total. The molecule has 21 heavy (non-hydrogen) atoms. The third kappa shape index (κ3) is 2.72. The number of nitrogens with two attached hydrogens (primary N) is 1. The number of nitro groups is 1. The molecule has 0 spiro atoms. The highest BCUT2D eigenvalue weighted by Gasteiger charge is 2.41. The van der Waals surface area contributed by atoms with Crippen molar-refractivity contribution in [1.29, 1.82) is 0 Å². The van der Waals surface area contributed by atoms with Crippen LogP contribution in [0.15, 0.2) is 18.2 Å². The molecule has 2 fully saturated rings. The van der Waals surface area contributed by atoms with Gasteiger partial charge in [0.1, 0.15) is 5.69 Å². The summed E-state index contributed by atoms with van der Waals surface area (Å²) in [4.78, 5) is 12.9. The summed E-state index contributed by atoms with van der Waals surface area (Å²) in [5.74, 6) is 6.22. The van der Waals surface area contributed by atoms with E-state index < -0.39 is 4.92 Å². The van der Waals surface area contributed by atoms with Gasteiger partial charge in [-0.15, -0.1) is 0 Å². The Morgan fingerprint density at radius 2 is 2.24 bits per heavy atom. The maximum atomic E-state index is 11.0. The molecule has 1 heterocycles. The fourth-order valence-corrected chi connectivity index (χ4v) is 3.66. The number of likely N-dealkylation sites (tertiary alicyclic amines) is 1. The van der Waals surface area contributed by atoms with Crippen LogP contribution >= 0.6 is 0 Å². The molecule has 1 aromatic carbocycles. The van der Waals surface area contributed by atoms with Gasteiger partial charge in [-0.3, -0.25) is 20.9 Å². The van der Waals surface area contributed by atoms with Gasteiger partial charge in [0.25, 0.3) is 5.69 Å². The first-order valence-corrected chi connectivity index (χ1v) is 7.23. The third-order valence-electron chi connectivity index (χ3n) is 4.72.